The lowest BCUT2D eigenvalue weighted by atomic mass is 10.3. The second kappa shape index (κ2) is 6.72. The molecule has 0 fully saturated rings. The largest absolute Gasteiger partial charge is 0.494 e. The summed E-state index contributed by atoms with van der Waals surface area (Å²) in [6, 6.07) is 3.86. The molecule has 0 spiro atoms. The third-order valence-electron chi connectivity index (χ3n) is 2.35. The maximum atomic E-state index is 13.0. The first-order valence-corrected chi connectivity index (χ1v) is 7.56. The van der Waals surface area contributed by atoms with Crippen molar-refractivity contribution in [3.8, 4) is 5.75 Å². The molecule has 0 unspecified atom stereocenters. The maximum absolute atomic E-state index is 13.0. The number of benzene rings is 1. The molecule has 0 saturated carbocycles. The smallest absolute Gasteiger partial charge is 0.234 e. The van der Waals surface area contributed by atoms with Crippen molar-refractivity contribution in [1.29, 1.82) is 0 Å². The Balaban J connectivity index is 2.72. The van der Waals surface area contributed by atoms with Gasteiger partial charge < -0.3 is 10.1 Å². The number of hydrogen-bond donors (Lipinski definition) is 2. The molecule has 19 heavy (non-hydrogen) atoms. The van der Waals surface area contributed by atoms with E-state index in [1.165, 1.54) is 19.2 Å². The Labute approximate surface area is 113 Å². The SMILES string of the molecule is COc1cc(F)ccc1NS(=O)(=O)CCNC(C)C. The highest BCUT2D eigenvalue weighted by molar-refractivity contribution is 7.92. The van der Waals surface area contributed by atoms with Crippen LogP contribution in [0.5, 0.6) is 5.75 Å². The molecule has 0 amide bonds. The minimum Gasteiger partial charge on any atom is -0.494 e. The number of hydrogen-bond acceptors (Lipinski definition) is 4. The number of nitrogens with one attached hydrogen (secondary N) is 2. The van der Waals surface area contributed by atoms with E-state index in [4.69, 9.17) is 4.74 Å². The summed E-state index contributed by atoms with van der Waals surface area (Å²) in [5.74, 6) is -0.396. The summed E-state index contributed by atoms with van der Waals surface area (Å²) in [4.78, 5) is 0. The first-order valence-electron chi connectivity index (χ1n) is 5.91. The van der Waals surface area contributed by atoms with Crippen LogP contribution in [-0.4, -0.2) is 33.9 Å². The molecule has 0 bridgehead atoms. The predicted molar refractivity (Wildman–Crippen MR) is 73.5 cm³/mol. The molecule has 0 atom stereocenters. The first-order chi connectivity index (χ1) is 8.84. The van der Waals surface area contributed by atoms with Crippen LogP contribution in [0.25, 0.3) is 0 Å². The van der Waals surface area contributed by atoms with Gasteiger partial charge in [-0.2, -0.15) is 0 Å². The van der Waals surface area contributed by atoms with Crippen LogP contribution in [0.3, 0.4) is 0 Å². The summed E-state index contributed by atoms with van der Waals surface area (Å²) in [5, 5.41) is 3.01. The molecule has 0 aliphatic rings. The standard InChI is InChI=1S/C12H19FN2O3S/c1-9(2)14-6-7-19(16,17)15-11-5-4-10(13)8-12(11)18-3/h4-5,8-9,14-15H,6-7H2,1-3H3. The minimum absolute atomic E-state index is 0.0638. The van der Waals surface area contributed by atoms with Gasteiger partial charge in [-0.3, -0.25) is 4.72 Å². The van der Waals surface area contributed by atoms with Crippen LogP contribution in [0, 0.1) is 5.82 Å². The maximum Gasteiger partial charge on any atom is 0.234 e. The highest BCUT2D eigenvalue weighted by Crippen LogP contribution is 2.25. The topological polar surface area (TPSA) is 67.4 Å². The molecule has 0 aliphatic carbocycles. The van der Waals surface area contributed by atoms with Gasteiger partial charge >= 0.3 is 0 Å². The summed E-state index contributed by atoms with van der Waals surface area (Å²) in [5.41, 5.74) is 0.230. The van der Waals surface area contributed by atoms with Gasteiger partial charge in [-0.05, 0) is 12.1 Å². The Morgan fingerprint density at radius 3 is 2.63 bits per heavy atom. The number of ether oxygens (including phenoxy) is 1. The Bertz CT molecular complexity index is 518. The van der Waals surface area contributed by atoms with E-state index in [9.17, 15) is 12.8 Å². The van der Waals surface area contributed by atoms with Gasteiger partial charge in [-0.1, -0.05) is 13.8 Å². The quantitative estimate of drug-likeness (QED) is 0.800. The molecule has 1 aromatic carbocycles. The van der Waals surface area contributed by atoms with E-state index < -0.39 is 15.8 Å². The van der Waals surface area contributed by atoms with E-state index in [0.29, 0.717) is 6.54 Å². The molecule has 0 radical (unpaired) electrons. The average molecular weight is 290 g/mol. The molecule has 0 aromatic heterocycles. The summed E-state index contributed by atoms with van der Waals surface area (Å²) >= 11 is 0. The lowest BCUT2D eigenvalue weighted by Gasteiger charge is -2.13. The fraction of sp³-hybridized carbons (Fsp3) is 0.500. The Morgan fingerprint density at radius 1 is 1.37 bits per heavy atom. The molecule has 5 nitrogen and oxygen atoms in total. The van der Waals surface area contributed by atoms with Crippen LogP contribution in [-0.2, 0) is 10.0 Å². The second-order valence-corrected chi connectivity index (χ2v) is 6.22. The van der Waals surface area contributed by atoms with Gasteiger partial charge in [-0.25, -0.2) is 12.8 Å². The molecule has 0 aliphatic heterocycles. The molecule has 1 rings (SSSR count). The molecule has 7 heteroatoms. The van der Waals surface area contributed by atoms with E-state index >= 15 is 0 Å². The number of rotatable bonds is 7. The fourth-order valence-electron chi connectivity index (χ4n) is 1.45. The molecule has 0 heterocycles. The number of sulfonamides is 1. The van der Waals surface area contributed by atoms with Crippen LogP contribution >= 0.6 is 0 Å². The number of halogens is 1. The van der Waals surface area contributed by atoms with Crippen LogP contribution < -0.4 is 14.8 Å². The highest BCUT2D eigenvalue weighted by atomic mass is 32.2. The molecule has 0 saturated heterocycles. The molecular weight excluding hydrogens is 271 g/mol. The third kappa shape index (κ3) is 5.44. The van der Waals surface area contributed by atoms with E-state index in [0.717, 1.165) is 6.07 Å². The van der Waals surface area contributed by atoms with Crippen molar-refractivity contribution in [2.75, 3.05) is 24.1 Å². The van der Waals surface area contributed by atoms with Gasteiger partial charge in [0, 0.05) is 18.7 Å². The number of methoxy groups -OCH3 is 1. The van der Waals surface area contributed by atoms with Gasteiger partial charge in [0.1, 0.15) is 11.6 Å². The van der Waals surface area contributed by atoms with Crippen LogP contribution in [0.1, 0.15) is 13.8 Å². The average Bonchev–Trinajstić information content (AvgIpc) is 2.30. The second-order valence-electron chi connectivity index (χ2n) is 4.37. The normalized spacial score (nSPS) is 11.6. The van der Waals surface area contributed by atoms with Crippen molar-refractivity contribution >= 4 is 15.7 Å². The zero-order valence-electron chi connectivity index (χ0n) is 11.2. The van der Waals surface area contributed by atoms with E-state index in [1.54, 1.807) is 0 Å². The van der Waals surface area contributed by atoms with Gasteiger partial charge in [0.05, 0.1) is 18.6 Å². The van der Waals surface area contributed by atoms with Gasteiger partial charge in [0.25, 0.3) is 0 Å². The highest BCUT2D eigenvalue weighted by Gasteiger charge is 2.14. The van der Waals surface area contributed by atoms with Crippen LogP contribution in [0.4, 0.5) is 10.1 Å². The van der Waals surface area contributed by atoms with Crippen molar-refractivity contribution in [1.82, 2.24) is 5.32 Å². The first kappa shape index (κ1) is 15.7. The lowest BCUT2D eigenvalue weighted by Crippen LogP contribution is -2.31. The van der Waals surface area contributed by atoms with Crippen LogP contribution in [0.15, 0.2) is 18.2 Å². The van der Waals surface area contributed by atoms with E-state index in [1.807, 2.05) is 13.8 Å². The zero-order chi connectivity index (χ0) is 14.5. The Hall–Kier alpha value is -1.34. The fourth-order valence-corrected chi connectivity index (χ4v) is 2.44. The van der Waals surface area contributed by atoms with Crippen molar-refractivity contribution < 1.29 is 17.5 Å². The Morgan fingerprint density at radius 2 is 2.05 bits per heavy atom. The van der Waals surface area contributed by atoms with Gasteiger partial charge in [0.15, 0.2) is 0 Å². The lowest BCUT2D eigenvalue weighted by molar-refractivity contribution is 0.413. The van der Waals surface area contributed by atoms with Crippen molar-refractivity contribution in [2.24, 2.45) is 0 Å². The summed E-state index contributed by atoms with van der Waals surface area (Å²) < 4.78 is 44.0. The van der Waals surface area contributed by atoms with E-state index in [-0.39, 0.29) is 23.2 Å². The summed E-state index contributed by atoms with van der Waals surface area (Å²) in [7, 11) is -2.14. The van der Waals surface area contributed by atoms with Crippen molar-refractivity contribution in [3.05, 3.63) is 24.0 Å². The molecule has 1 aromatic rings. The summed E-state index contributed by atoms with van der Waals surface area (Å²) in [6.07, 6.45) is 0. The minimum atomic E-state index is -3.49. The van der Waals surface area contributed by atoms with Crippen molar-refractivity contribution in [3.63, 3.8) is 0 Å². The van der Waals surface area contributed by atoms with Gasteiger partial charge in [-0.15, -0.1) is 0 Å². The number of anilines is 1. The molecule has 2 N–H and O–H groups in total. The summed E-state index contributed by atoms with van der Waals surface area (Å²) in [6.45, 7) is 4.21. The molecule has 108 valence electrons. The van der Waals surface area contributed by atoms with Crippen molar-refractivity contribution in [2.45, 2.75) is 19.9 Å². The Kier molecular flexibility index (Phi) is 5.56. The van der Waals surface area contributed by atoms with Crippen LogP contribution in [0.2, 0.25) is 0 Å². The zero-order valence-corrected chi connectivity index (χ0v) is 12.1. The monoisotopic (exact) mass is 290 g/mol. The third-order valence-corrected chi connectivity index (χ3v) is 3.62. The van der Waals surface area contributed by atoms with Gasteiger partial charge in [0.2, 0.25) is 10.0 Å². The van der Waals surface area contributed by atoms with E-state index in [2.05, 4.69) is 10.0 Å². The predicted octanol–water partition coefficient (Wildman–Crippen LogP) is 1.57. The molecular formula is C12H19FN2O3S.